The minimum Gasteiger partial charge on any atom is -0.340 e. The molecule has 3 heterocycles. The summed E-state index contributed by atoms with van der Waals surface area (Å²) in [4.78, 5) is 12.5. The second-order valence-electron chi connectivity index (χ2n) is 5.01. The number of nitrogens with one attached hydrogen (secondary N) is 2. The van der Waals surface area contributed by atoms with E-state index in [2.05, 4.69) is 21.3 Å². The third-order valence-electron chi connectivity index (χ3n) is 3.73. The van der Waals surface area contributed by atoms with Crippen molar-refractivity contribution in [3.63, 3.8) is 0 Å². The first kappa shape index (κ1) is 13.9. The average molecular weight is 300 g/mol. The molecule has 1 aliphatic heterocycles. The number of hydrogen-bond donors (Lipinski definition) is 2. The first-order valence-corrected chi connectivity index (χ1v) is 7.84. The van der Waals surface area contributed by atoms with Gasteiger partial charge in [-0.05, 0) is 49.5 Å². The molecule has 6 heteroatoms. The normalized spacial score (nSPS) is 15.6. The molecular formula is C15H16N4OS. The van der Waals surface area contributed by atoms with Gasteiger partial charge in [-0.1, -0.05) is 0 Å². The van der Waals surface area contributed by atoms with Gasteiger partial charge in [0.1, 0.15) is 16.8 Å². The van der Waals surface area contributed by atoms with Crippen molar-refractivity contribution in [3.8, 4) is 6.07 Å². The summed E-state index contributed by atoms with van der Waals surface area (Å²) in [6.07, 6.45) is 4.01. The van der Waals surface area contributed by atoms with Crippen LogP contribution in [0.5, 0.6) is 0 Å². The van der Waals surface area contributed by atoms with Gasteiger partial charge in [-0.2, -0.15) is 5.26 Å². The van der Waals surface area contributed by atoms with E-state index in [0.29, 0.717) is 22.3 Å². The fourth-order valence-electron chi connectivity index (χ4n) is 2.65. The molecule has 0 bridgehead atoms. The Morgan fingerprint density at radius 1 is 1.43 bits per heavy atom. The highest BCUT2D eigenvalue weighted by Crippen LogP contribution is 2.25. The second kappa shape index (κ2) is 6.12. The molecule has 0 atom stereocenters. The van der Waals surface area contributed by atoms with Gasteiger partial charge in [0.25, 0.3) is 5.91 Å². The lowest BCUT2D eigenvalue weighted by Gasteiger charge is -2.25. The van der Waals surface area contributed by atoms with Crippen LogP contribution in [0.25, 0.3) is 0 Å². The highest BCUT2D eigenvalue weighted by molar-refractivity contribution is 7.14. The van der Waals surface area contributed by atoms with Crippen molar-refractivity contribution in [2.24, 2.45) is 0 Å². The van der Waals surface area contributed by atoms with Crippen LogP contribution in [0.1, 0.15) is 34.9 Å². The number of rotatable bonds is 3. The minimum atomic E-state index is -0.155. The summed E-state index contributed by atoms with van der Waals surface area (Å²) in [7, 11) is 0. The van der Waals surface area contributed by atoms with Crippen molar-refractivity contribution in [3.05, 3.63) is 41.0 Å². The number of thiophene rings is 1. The van der Waals surface area contributed by atoms with E-state index in [1.54, 1.807) is 11.4 Å². The largest absolute Gasteiger partial charge is 0.340 e. The average Bonchev–Trinajstić information content (AvgIpc) is 3.16. The van der Waals surface area contributed by atoms with E-state index in [4.69, 9.17) is 5.26 Å². The molecular weight excluding hydrogens is 284 g/mol. The van der Waals surface area contributed by atoms with Crippen LogP contribution in [-0.2, 0) is 0 Å². The maximum Gasteiger partial charge on any atom is 0.272 e. The number of carbonyl (C=O) groups excluding carboxylic acids is 1. The molecule has 108 valence electrons. The summed E-state index contributed by atoms with van der Waals surface area (Å²) in [5.41, 5.74) is 1.16. The molecule has 2 N–H and O–H groups in total. The molecule has 1 saturated heterocycles. The molecule has 0 unspecified atom stereocenters. The lowest BCUT2D eigenvalue weighted by atomic mass is 10.1. The number of nitrogens with zero attached hydrogens (tertiary/aromatic N) is 2. The molecule has 2 aromatic heterocycles. The van der Waals surface area contributed by atoms with Crippen LogP contribution in [0.4, 0.5) is 5.00 Å². The Labute approximate surface area is 127 Å². The topological polar surface area (TPSA) is 69.8 Å². The van der Waals surface area contributed by atoms with Crippen molar-refractivity contribution in [1.29, 1.82) is 5.26 Å². The molecule has 0 spiro atoms. The van der Waals surface area contributed by atoms with Crippen LogP contribution in [0.2, 0.25) is 0 Å². The fraction of sp³-hybridized carbons (Fsp3) is 0.333. The van der Waals surface area contributed by atoms with Crippen molar-refractivity contribution in [1.82, 2.24) is 9.88 Å². The minimum absolute atomic E-state index is 0.155. The van der Waals surface area contributed by atoms with Crippen LogP contribution in [0.15, 0.2) is 29.8 Å². The lowest BCUT2D eigenvalue weighted by Crippen LogP contribution is -2.31. The molecule has 21 heavy (non-hydrogen) atoms. The Morgan fingerprint density at radius 3 is 3.00 bits per heavy atom. The quantitative estimate of drug-likeness (QED) is 0.915. The van der Waals surface area contributed by atoms with E-state index in [0.717, 1.165) is 25.9 Å². The van der Waals surface area contributed by atoms with E-state index in [9.17, 15) is 4.79 Å². The highest BCUT2D eigenvalue weighted by Gasteiger charge is 2.20. The maximum absolute atomic E-state index is 12.5. The number of nitriles is 1. The number of piperidine rings is 1. The standard InChI is InChI=1S/C15H16N4OS/c16-10-11-5-9-21-15(11)18-14(20)13-2-1-8-19(13)12-3-6-17-7-4-12/h1-2,5,8-9,12,17H,3-4,6-7H2,(H,18,20). The molecule has 1 amide bonds. The Balaban J connectivity index is 1.79. The molecule has 1 fully saturated rings. The lowest BCUT2D eigenvalue weighted by molar-refractivity contribution is 0.101. The van der Waals surface area contributed by atoms with Crippen LogP contribution < -0.4 is 10.6 Å². The highest BCUT2D eigenvalue weighted by atomic mass is 32.1. The van der Waals surface area contributed by atoms with Crippen molar-refractivity contribution in [2.45, 2.75) is 18.9 Å². The van der Waals surface area contributed by atoms with Crippen LogP contribution in [-0.4, -0.2) is 23.6 Å². The van der Waals surface area contributed by atoms with Crippen molar-refractivity contribution in [2.75, 3.05) is 18.4 Å². The summed E-state index contributed by atoms with van der Waals surface area (Å²) < 4.78 is 2.05. The summed E-state index contributed by atoms with van der Waals surface area (Å²) in [5.74, 6) is -0.155. The summed E-state index contributed by atoms with van der Waals surface area (Å²) in [6, 6.07) is 7.89. The van der Waals surface area contributed by atoms with Crippen LogP contribution in [0, 0.1) is 11.3 Å². The molecule has 1 aliphatic rings. The molecule has 2 aromatic rings. The maximum atomic E-state index is 12.5. The monoisotopic (exact) mass is 300 g/mol. The molecule has 0 radical (unpaired) electrons. The number of anilines is 1. The van der Waals surface area contributed by atoms with Gasteiger partial charge in [0.15, 0.2) is 0 Å². The summed E-state index contributed by atoms with van der Waals surface area (Å²) in [5, 5.41) is 17.6. The smallest absolute Gasteiger partial charge is 0.272 e. The Kier molecular flexibility index (Phi) is 4.04. The zero-order chi connectivity index (χ0) is 14.7. The Morgan fingerprint density at radius 2 is 2.24 bits per heavy atom. The van der Waals surface area contributed by atoms with Gasteiger partial charge < -0.3 is 15.2 Å². The number of aromatic nitrogens is 1. The van der Waals surface area contributed by atoms with Gasteiger partial charge in [-0.25, -0.2) is 0 Å². The molecule has 5 nitrogen and oxygen atoms in total. The molecule has 0 aromatic carbocycles. The summed E-state index contributed by atoms with van der Waals surface area (Å²) in [6.45, 7) is 1.96. The zero-order valence-electron chi connectivity index (χ0n) is 11.5. The van der Waals surface area contributed by atoms with E-state index < -0.39 is 0 Å². The van der Waals surface area contributed by atoms with Crippen LogP contribution in [0.3, 0.4) is 0 Å². The predicted molar refractivity (Wildman–Crippen MR) is 82.6 cm³/mol. The van der Waals surface area contributed by atoms with E-state index in [1.165, 1.54) is 11.3 Å². The second-order valence-corrected chi connectivity index (χ2v) is 5.93. The Bertz CT molecular complexity index is 676. The first-order valence-electron chi connectivity index (χ1n) is 6.96. The number of carbonyl (C=O) groups is 1. The first-order chi connectivity index (χ1) is 10.3. The van der Waals surface area contributed by atoms with E-state index in [1.807, 2.05) is 18.3 Å². The van der Waals surface area contributed by atoms with Crippen LogP contribution >= 0.6 is 11.3 Å². The molecule has 3 rings (SSSR count). The van der Waals surface area contributed by atoms with Gasteiger partial charge in [0, 0.05) is 12.2 Å². The fourth-order valence-corrected chi connectivity index (χ4v) is 3.38. The summed E-state index contributed by atoms with van der Waals surface area (Å²) >= 11 is 1.37. The molecule has 0 saturated carbocycles. The molecule has 0 aliphatic carbocycles. The van der Waals surface area contributed by atoms with E-state index in [-0.39, 0.29) is 5.91 Å². The number of amides is 1. The Hall–Kier alpha value is -2.10. The third kappa shape index (κ3) is 2.84. The van der Waals surface area contributed by atoms with Gasteiger partial charge in [0.2, 0.25) is 0 Å². The predicted octanol–water partition coefficient (Wildman–Crippen LogP) is 2.60. The van der Waals surface area contributed by atoms with Gasteiger partial charge >= 0.3 is 0 Å². The zero-order valence-corrected chi connectivity index (χ0v) is 12.3. The van der Waals surface area contributed by atoms with Crippen molar-refractivity contribution >= 4 is 22.2 Å². The van der Waals surface area contributed by atoms with Crippen molar-refractivity contribution < 1.29 is 4.79 Å². The number of hydrogen-bond acceptors (Lipinski definition) is 4. The van der Waals surface area contributed by atoms with Gasteiger partial charge in [0.05, 0.1) is 5.56 Å². The SMILES string of the molecule is N#Cc1ccsc1NC(=O)c1cccn1C1CCNCC1. The van der Waals surface area contributed by atoms with Gasteiger partial charge in [-0.3, -0.25) is 4.79 Å². The third-order valence-corrected chi connectivity index (χ3v) is 4.56. The van der Waals surface area contributed by atoms with E-state index >= 15 is 0 Å². The van der Waals surface area contributed by atoms with Gasteiger partial charge in [-0.15, -0.1) is 11.3 Å².